The molecule has 1 aromatic heterocycles. The summed E-state index contributed by atoms with van der Waals surface area (Å²) in [6, 6.07) is -0.171. The van der Waals surface area contributed by atoms with Gasteiger partial charge in [-0.05, 0) is 19.4 Å². The van der Waals surface area contributed by atoms with Gasteiger partial charge < -0.3 is 9.73 Å². The molecule has 0 amide bonds. The van der Waals surface area contributed by atoms with Crippen LogP contribution in [0.15, 0.2) is 10.7 Å². The monoisotopic (exact) mass is 220 g/mol. The second-order valence-corrected chi connectivity index (χ2v) is 3.57. The summed E-state index contributed by atoms with van der Waals surface area (Å²) >= 11 is 0. The van der Waals surface area contributed by atoms with Gasteiger partial charge in [0.1, 0.15) is 6.26 Å². The maximum atomic E-state index is 12.2. The SMILES string of the molecule is FC(F)(F)c1coc(C2CCCCN2)n1. The number of aromatic nitrogens is 1. The maximum absolute atomic E-state index is 12.2. The summed E-state index contributed by atoms with van der Waals surface area (Å²) in [5.74, 6) is 0.141. The number of hydrogen-bond acceptors (Lipinski definition) is 3. The smallest absolute Gasteiger partial charge is 0.436 e. The van der Waals surface area contributed by atoms with E-state index in [1.807, 2.05) is 0 Å². The largest absolute Gasteiger partial charge is 0.447 e. The molecule has 0 spiro atoms. The van der Waals surface area contributed by atoms with E-state index in [2.05, 4.69) is 10.3 Å². The van der Waals surface area contributed by atoms with Gasteiger partial charge in [0.15, 0.2) is 5.69 Å². The number of piperidine rings is 1. The molecule has 1 aliphatic heterocycles. The van der Waals surface area contributed by atoms with Crippen molar-refractivity contribution >= 4 is 0 Å². The van der Waals surface area contributed by atoms with Crippen molar-refractivity contribution in [3.63, 3.8) is 0 Å². The fourth-order valence-electron chi connectivity index (χ4n) is 1.64. The summed E-state index contributed by atoms with van der Waals surface area (Å²) in [7, 11) is 0. The highest BCUT2D eigenvalue weighted by atomic mass is 19.4. The van der Waals surface area contributed by atoms with Gasteiger partial charge in [0.2, 0.25) is 5.89 Å². The van der Waals surface area contributed by atoms with Crippen LogP contribution in [0.3, 0.4) is 0 Å². The van der Waals surface area contributed by atoms with Crippen LogP contribution < -0.4 is 5.32 Å². The number of nitrogens with zero attached hydrogens (tertiary/aromatic N) is 1. The Morgan fingerprint density at radius 1 is 1.40 bits per heavy atom. The molecule has 15 heavy (non-hydrogen) atoms. The summed E-state index contributed by atoms with van der Waals surface area (Å²) in [4.78, 5) is 3.45. The molecule has 1 aliphatic rings. The van der Waals surface area contributed by atoms with Crippen LogP contribution in [-0.4, -0.2) is 11.5 Å². The lowest BCUT2D eigenvalue weighted by Crippen LogP contribution is -2.27. The zero-order chi connectivity index (χ0) is 10.9. The molecule has 2 heterocycles. The Kier molecular flexibility index (Phi) is 2.68. The highest BCUT2D eigenvalue weighted by Crippen LogP contribution is 2.30. The van der Waals surface area contributed by atoms with Crippen LogP contribution in [-0.2, 0) is 6.18 Å². The number of nitrogens with one attached hydrogen (secondary N) is 1. The van der Waals surface area contributed by atoms with Crippen LogP contribution >= 0.6 is 0 Å². The van der Waals surface area contributed by atoms with Crippen molar-refractivity contribution in [2.75, 3.05) is 6.54 Å². The molecule has 1 atom stereocenters. The van der Waals surface area contributed by atoms with Gasteiger partial charge in [-0.2, -0.15) is 13.2 Å². The summed E-state index contributed by atoms with van der Waals surface area (Å²) < 4.78 is 41.5. The van der Waals surface area contributed by atoms with Gasteiger partial charge in [-0.15, -0.1) is 0 Å². The third-order valence-electron chi connectivity index (χ3n) is 2.42. The van der Waals surface area contributed by atoms with Crippen LogP contribution in [0, 0.1) is 0 Å². The van der Waals surface area contributed by atoms with Crippen molar-refractivity contribution < 1.29 is 17.6 Å². The van der Waals surface area contributed by atoms with Crippen molar-refractivity contribution in [3.8, 4) is 0 Å². The molecule has 6 heteroatoms. The Bertz CT molecular complexity index is 328. The molecule has 0 bridgehead atoms. The van der Waals surface area contributed by atoms with Gasteiger partial charge in [0.05, 0.1) is 6.04 Å². The lowest BCUT2D eigenvalue weighted by molar-refractivity contribution is -0.141. The Morgan fingerprint density at radius 2 is 2.20 bits per heavy atom. The van der Waals surface area contributed by atoms with Gasteiger partial charge >= 0.3 is 6.18 Å². The highest BCUT2D eigenvalue weighted by molar-refractivity contribution is 5.04. The summed E-state index contributed by atoms with van der Waals surface area (Å²) in [6.45, 7) is 0.800. The second kappa shape index (κ2) is 3.84. The quantitative estimate of drug-likeness (QED) is 0.790. The molecule has 2 rings (SSSR count). The molecule has 0 aliphatic carbocycles. The lowest BCUT2D eigenvalue weighted by Gasteiger charge is -2.20. The van der Waals surface area contributed by atoms with Crippen molar-refractivity contribution in [3.05, 3.63) is 17.8 Å². The summed E-state index contributed by atoms with van der Waals surface area (Å²) in [5.41, 5.74) is -0.954. The van der Waals surface area contributed by atoms with Gasteiger partial charge in [-0.1, -0.05) is 6.42 Å². The standard InChI is InChI=1S/C9H11F3N2O/c10-9(11,12)7-5-15-8(14-7)6-3-1-2-4-13-6/h5-6,13H,1-4H2. The zero-order valence-electron chi connectivity index (χ0n) is 7.97. The molecule has 1 unspecified atom stereocenters. The van der Waals surface area contributed by atoms with Crippen molar-refractivity contribution in [1.29, 1.82) is 0 Å². The van der Waals surface area contributed by atoms with E-state index in [4.69, 9.17) is 4.42 Å². The second-order valence-electron chi connectivity index (χ2n) is 3.57. The van der Waals surface area contributed by atoms with E-state index in [0.717, 1.165) is 25.8 Å². The van der Waals surface area contributed by atoms with E-state index in [1.165, 1.54) is 0 Å². The van der Waals surface area contributed by atoms with E-state index in [0.29, 0.717) is 6.26 Å². The minimum absolute atomic E-state index is 0.141. The number of alkyl halides is 3. The molecule has 1 aromatic rings. The molecule has 1 N–H and O–H groups in total. The molecule has 0 aromatic carbocycles. The molecule has 1 fully saturated rings. The van der Waals surface area contributed by atoms with E-state index < -0.39 is 11.9 Å². The Balaban J connectivity index is 2.12. The van der Waals surface area contributed by atoms with E-state index >= 15 is 0 Å². The van der Waals surface area contributed by atoms with Crippen molar-refractivity contribution in [2.24, 2.45) is 0 Å². The predicted octanol–water partition coefficient (Wildman–Crippen LogP) is 2.51. The third kappa shape index (κ3) is 2.31. The van der Waals surface area contributed by atoms with Gasteiger partial charge in [-0.25, -0.2) is 4.98 Å². The number of oxazole rings is 1. The third-order valence-corrected chi connectivity index (χ3v) is 2.42. The van der Waals surface area contributed by atoms with Crippen LogP contribution in [0.5, 0.6) is 0 Å². The van der Waals surface area contributed by atoms with Gasteiger partial charge in [0.25, 0.3) is 0 Å². The molecule has 1 saturated heterocycles. The molecular formula is C9H11F3N2O. The first-order valence-corrected chi connectivity index (χ1v) is 4.83. The van der Waals surface area contributed by atoms with Crippen molar-refractivity contribution in [2.45, 2.75) is 31.5 Å². The topological polar surface area (TPSA) is 38.1 Å². The van der Waals surface area contributed by atoms with Crippen LogP contribution in [0.4, 0.5) is 13.2 Å². The highest BCUT2D eigenvalue weighted by Gasteiger charge is 2.35. The van der Waals surface area contributed by atoms with E-state index in [-0.39, 0.29) is 11.9 Å². The average Bonchev–Trinajstić information content (AvgIpc) is 2.67. The molecular weight excluding hydrogens is 209 g/mol. The molecule has 84 valence electrons. The van der Waals surface area contributed by atoms with Gasteiger partial charge in [0, 0.05) is 0 Å². The number of hydrogen-bond donors (Lipinski definition) is 1. The Hall–Kier alpha value is -1.04. The van der Waals surface area contributed by atoms with Crippen LogP contribution in [0.25, 0.3) is 0 Å². The summed E-state index contributed by atoms with van der Waals surface area (Å²) in [5, 5.41) is 3.08. The number of rotatable bonds is 1. The first-order valence-electron chi connectivity index (χ1n) is 4.83. The normalized spacial score (nSPS) is 23.0. The van der Waals surface area contributed by atoms with Crippen molar-refractivity contribution in [1.82, 2.24) is 10.3 Å². The minimum Gasteiger partial charge on any atom is -0.447 e. The van der Waals surface area contributed by atoms with Gasteiger partial charge in [-0.3, -0.25) is 0 Å². The molecule has 0 saturated carbocycles. The van der Waals surface area contributed by atoms with E-state index in [9.17, 15) is 13.2 Å². The fourth-order valence-corrected chi connectivity index (χ4v) is 1.64. The van der Waals surface area contributed by atoms with Crippen LogP contribution in [0.1, 0.15) is 36.9 Å². The first-order chi connectivity index (χ1) is 7.07. The predicted molar refractivity (Wildman–Crippen MR) is 46.1 cm³/mol. The van der Waals surface area contributed by atoms with E-state index in [1.54, 1.807) is 0 Å². The molecule has 0 radical (unpaired) electrons. The molecule has 3 nitrogen and oxygen atoms in total. The maximum Gasteiger partial charge on any atom is 0.436 e. The fraction of sp³-hybridized carbons (Fsp3) is 0.667. The van der Waals surface area contributed by atoms with Crippen LogP contribution in [0.2, 0.25) is 0 Å². The lowest BCUT2D eigenvalue weighted by atomic mass is 10.1. The Labute approximate surface area is 84.7 Å². The number of halogens is 3. The average molecular weight is 220 g/mol. The minimum atomic E-state index is -4.42. The zero-order valence-corrected chi connectivity index (χ0v) is 7.97. The summed E-state index contributed by atoms with van der Waals surface area (Å²) in [6.07, 6.45) is -0.940. The first kappa shape index (κ1) is 10.5. The Morgan fingerprint density at radius 3 is 2.73 bits per heavy atom.